The zero-order valence-corrected chi connectivity index (χ0v) is 23.0. The zero-order valence-electron chi connectivity index (χ0n) is 23.0. The van der Waals surface area contributed by atoms with Crippen molar-refractivity contribution in [2.45, 2.75) is 92.1 Å². The Morgan fingerprint density at radius 3 is 2.54 bits per heavy atom. The van der Waals surface area contributed by atoms with Crippen LogP contribution in [0.5, 0.6) is 0 Å². The lowest BCUT2D eigenvalue weighted by Crippen LogP contribution is -2.51. The summed E-state index contributed by atoms with van der Waals surface area (Å²) in [5, 5.41) is 25.6. The lowest BCUT2D eigenvalue weighted by atomic mass is 9.46. The van der Waals surface area contributed by atoms with Gasteiger partial charge in [-0.05, 0) is 93.0 Å². The van der Waals surface area contributed by atoms with Crippen LogP contribution in [0.2, 0.25) is 0 Å². The number of hydrogen-bond acceptors (Lipinski definition) is 6. The third-order valence-electron chi connectivity index (χ3n) is 10.6. The van der Waals surface area contributed by atoms with Crippen molar-refractivity contribution in [3.8, 4) is 0 Å². The molecule has 7 atom stereocenters. The first-order valence-corrected chi connectivity index (χ1v) is 13.9. The number of aliphatic hydroxyl groups excluding tert-OH is 1. The molecule has 8 nitrogen and oxygen atoms in total. The van der Waals surface area contributed by atoms with E-state index >= 15 is 0 Å². The van der Waals surface area contributed by atoms with Crippen LogP contribution in [-0.4, -0.2) is 52.8 Å². The van der Waals surface area contributed by atoms with Crippen LogP contribution in [0.4, 0.5) is 0 Å². The summed E-state index contributed by atoms with van der Waals surface area (Å²) >= 11 is 0. The van der Waals surface area contributed by atoms with E-state index in [0.717, 1.165) is 37.8 Å². The second-order valence-corrected chi connectivity index (χ2v) is 13.1. The van der Waals surface area contributed by atoms with E-state index in [-0.39, 0.29) is 29.9 Å². The molecule has 0 spiro atoms. The van der Waals surface area contributed by atoms with E-state index in [9.17, 15) is 19.5 Å². The number of carbonyl (C=O) groups is 3. The second-order valence-electron chi connectivity index (χ2n) is 13.1. The highest BCUT2D eigenvalue weighted by Gasteiger charge is 2.59. The van der Waals surface area contributed by atoms with Crippen LogP contribution in [0.1, 0.15) is 86.0 Å². The van der Waals surface area contributed by atoms with Gasteiger partial charge < -0.3 is 20.4 Å². The first-order chi connectivity index (χ1) is 17.3. The average molecular weight is 517 g/mol. The molecule has 0 radical (unpaired) electrons. The van der Waals surface area contributed by atoms with Crippen LogP contribution in [0, 0.1) is 39.9 Å². The number of carbonyl (C=O) groups excluding carboxylic acids is 2. The van der Waals surface area contributed by atoms with Gasteiger partial charge in [-0.15, -0.1) is 0 Å². The van der Waals surface area contributed by atoms with Crippen molar-refractivity contribution >= 4 is 23.4 Å². The summed E-state index contributed by atoms with van der Waals surface area (Å²) in [7, 11) is 0. The number of hydrogen-bond donors (Lipinski definition) is 3. The number of oxime groups is 1. The van der Waals surface area contributed by atoms with E-state index in [4.69, 9.17) is 9.94 Å². The van der Waals surface area contributed by atoms with Gasteiger partial charge in [0.2, 0.25) is 0 Å². The van der Waals surface area contributed by atoms with Crippen molar-refractivity contribution < 1.29 is 29.4 Å². The fourth-order valence-electron chi connectivity index (χ4n) is 8.29. The number of carboxylic acids is 1. The number of nitrogens with zero attached hydrogens (tertiary/aromatic N) is 1. The minimum Gasteiger partial charge on any atom is -0.479 e. The zero-order chi connectivity index (χ0) is 27.2. The van der Waals surface area contributed by atoms with Crippen LogP contribution in [0.15, 0.2) is 16.8 Å². The van der Waals surface area contributed by atoms with Crippen molar-refractivity contribution in [2.24, 2.45) is 45.1 Å². The number of ketones is 1. The van der Waals surface area contributed by atoms with Gasteiger partial charge in [0.05, 0.1) is 5.71 Å². The van der Waals surface area contributed by atoms with Gasteiger partial charge in [0.25, 0.3) is 5.91 Å². The van der Waals surface area contributed by atoms with Gasteiger partial charge in [0.15, 0.2) is 12.7 Å². The van der Waals surface area contributed by atoms with E-state index in [0.29, 0.717) is 23.5 Å². The number of rotatable bonds is 8. The standard InChI is InChI=1S/C29H44N2O6/c1-17(32)21-8-9-22-20-7-6-18-14-19(10-12-28(18,4)23(20)11-13-29(21,22)5)31-37-15-24(33)30-16-27(2,3)25(34)26(35)36/h14,20-23,25,34H,6-13,15-16H2,1-5H3,(H,30,33)(H,35,36)/b31-19+/t20-,21+,22-,23-,25+,28-,29+/m0/s1. The second kappa shape index (κ2) is 10.2. The molecule has 0 heterocycles. The molecule has 3 fully saturated rings. The summed E-state index contributed by atoms with van der Waals surface area (Å²) in [6.07, 6.45) is 9.23. The summed E-state index contributed by atoms with van der Waals surface area (Å²) in [4.78, 5) is 40.9. The normalized spacial score (nSPS) is 37.0. The molecule has 37 heavy (non-hydrogen) atoms. The minimum absolute atomic E-state index is 0.0113. The number of nitrogens with one attached hydrogen (secondary N) is 1. The van der Waals surface area contributed by atoms with Crippen LogP contribution < -0.4 is 5.32 Å². The number of amides is 1. The molecule has 0 aromatic rings. The topological polar surface area (TPSA) is 125 Å². The smallest absolute Gasteiger partial charge is 0.333 e. The lowest BCUT2D eigenvalue weighted by Gasteiger charge is -2.58. The molecule has 3 saturated carbocycles. The molecule has 4 aliphatic carbocycles. The van der Waals surface area contributed by atoms with E-state index < -0.39 is 23.4 Å². The summed E-state index contributed by atoms with van der Waals surface area (Å²) in [5.41, 5.74) is 1.62. The van der Waals surface area contributed by atoms with Crippen LogP contribution in [0.25, 0.3) is 0 Å². The molecule has 3 N–H and O–H groups in total. The Morgan fingerprint density at radius 2 is 1.86 bits per heavy atom. The molecule has 0 aromatic heterocycles. The Bertz CT molecular complexity index is 1000. The number of aliphatic carboxylic acids is 1. The Hall–Kier alpha value is -2.22. The van der Waals surface area contributed by atoms with Gasteiger partial charge in [-0.3, -0.25) is 9.59 Å². The maximum absolute atomic E-state index is 12.4. The van der Waals surface area contributed by atoms with Gasteiger partial charge in [-0.1, -0.05) is 38.4 Å². The van der Waals surface area contributed by atoms with E-state index in [2.05, 4.69) is 30.4 Å². The van der Waals surface area contributed by atoms with Crippen LogP contribution in [0.3, 0.4) is 0 Å². The predicted octanol–water partition coefficient (Wildman–Crippen LogP) is 4.11. The maximum atomic E-state index is 12.4. The van der Waals surface area contributed by atoms with Crippen molar-refractivity contribution in [2.75, 3.05) is 13.2 Å². The van der Waals surface area contributed by atoms with E-state index in [1.807, 2.05) is 0 Å². The molecule has 4 aliphatic rings. The number of carboxylic acid groups (broad SMARTS) is 1. The Balaban J connectivity index is 1.35. The number of fused-ring (bicyclic) bond motifs is 5. The molecule has 206 valence electrons. The van der Waals surface area contributed by atoms with Gasteiger partial charge >= 0.3 is 5.97 Å². The molecule has 0 bridgehead atoms. The lowest BCUT2D eigenvalue weighted by molar-refractivity contribution is -0.153. The maximum Gasteiger partial charge on any atom is 0.333 e. The number of allylic oxidation sites excluding steroid dienone is 2. The number of Topliss-reactive ketones (excluding diaryl/α,β-unsaturated/α-hetero) is 1. The first kappa shape index (κ1) is 27.8. The Morgan fingerprint density at radius 1 is 1.14 bits per heavy atom. The van der Waals surface area contributed by atoms with Crippen molar-refractivity contribution in [1.29, 1.82) is 0 Å². The third-order valence-corrected chi connectivity index (χ3v) is 10.6. The largest absolute Gasteiger partial charge is 0.479 e. The van der Waals surface area contributed by atoms with Gasteiger partial charge in [0.1, 0.15) is 5.78 Å². The molecule has 0 unspecified atom stereocenters. The molecule has 1 amide bonds. The Kier molecular flexibility index (Phi) is 7.63. The molecular weight excluding hydrogens is 472 g/mol. The van der Waals surface area contributed by atoms with E-state index in [1.54, 1.807) is 20.8 Å². The molecule has 0 saturated heterocycles. The molecule has 8 heteroatoms. The van der Waals surface area contributed by atoms with Gasteiger partial charge in [0, 0.05) is 17.9 Å². The highest BCUT2D eigenvalue weighted by molar-refractivity contribution is 5.96. The first-order valence-electron chi connectivity index (χ1n) is 13.9. The fourth-order valence-corrected chi connectivity index (χ4v) is 8.29. The quantitative estimate of drug-likeness (QED) is 0.417. The van der Waals surface area contributed by atoms with Gasteiger partial charge in [-0.25, -0.2) is 4.79 Å². The summed E-state index contributed by atoms with van der Waals surface area (Å²) in [5.74, 6) is 0.864. The van der Waals surface area contributed by atoms with Crippen molar-refractivity contribution in [3.63, 3.8) is 0 Å². The SMILES string of the molecule is CC(=O)[C@H]1CC[C@H]2[C@@H]3CCC4=C/C(=N/OCC(=O)NCC(C)(C)[C@H](O)C(=O)O)CC[C@]4(C)[C@H]3CC[C@]12C. The fraction of sp³-hybridized carbons (Fsp3) is 0.793. The summed E-state index contributed by atoms with van der Waals surface area (Å²) < 4.78 is 0. The van der Waals surface area contributed by atoms with Crippen molar-refractivity contribution in [3.05, 3.63) is 11.6 Å². The average Bonchev–Trinajstić information content (AvgIpc) is 3.20. The summed E-state index contributed by atoms with van der Waals surface area (Å²) in [6, 6.07) is 0. The van der Waals surface area contributed by atoms with Crippen molar-refractivity contribution in [1.82, 2.24) is 5.32 Å². The third kappa shape index (κ3) is 5.10. The van der Waals surface area contributed by atoms with Gasteiger partial charge in [-0.2, -0.15) is 0 Å². The van der Waals surface area contributed by atoms with Crippen LogP contribution >= 0.6 is 0 Å². The number of aliphatic hydroxyl groups is 1. The predicted molar refractivity (Wildman–Crippen MR) is 140 cm³/mol. The molecular formula is C29H44N2O6. The minimum atomic E-state index is -1.57. The Labute approximate surface area is 220 Å². The monoisotopic (exact) mass is 516 g/mol. The van der Waals surface area contributed by atoms with Crippen LogP contribution in [-0.2, 0) is 19.2 Å². The molecule has 0 aliphatic heterocycles. The molecule has 0 aromatic carbocycles. The summed E-state index contributed by atoms with van der Waals surface area (Å²) in [6.45, 7) is 9.50. The molecule has 4 rings (SSSR count). The highest BCUT2D eigenvalue weighted by Crippen LogP contribution is 2.66. The van der Waals surface area contributed by atoms with E-state index in [1.165, 1.54) is 24.8 Å². The highest BCUT2D eigenvalue weighted by atomic mass is 16.6.